The summed E-state index contributed by atoms with van der Waals surface area (Å²) in [7, 11) is 0. The van der Waals surface area contributed by atoms with Gasteiger partial charge in [0.2, 0.25) is 5.82 Å². The molecule has 106 valence electrons. The number of aromatic carboxylic acids is 1. The second kappa shape index (κ2) is 6.21. The van der Waals surface area contributed by atoms with Crippen LogP contribution in [0.4, 0.5) is 5.69 Å². The third-order valence-electron chi connectivity index (χ3n) is 2.37. The van der Waals surface area contributed by atoms with Gasteiger partial charge >= 0.3 is 5.97 Å². The Morgan fingerprint density at radius 1 is 1.43 bits per heavy atom. The van der Waals surface area contributed by atoms with E-state index in [2.05, 4.69) is 25.9 Å². The van der Waals surface area contributed by atoms with Gasteiger partial charge in [0, 0.05) is 6.20 Å². The third-order valence-corrected chi connectivity index (χ3v) is 3.09. The van der Waals surface area contributed by atoms with E-state index >= 15 is 0 Å². The van der Waals surface area contributed by atoms with Crippen molar-refractivity contribution in [2.75, 3.05) is 5.32 Å². The number of nitrogens with zero attached hydrogens (tertiary/aromatic N) is 4. The van der Waals surface area contributed by atoms with E-state index in [1.807, 2.05) is 6.07 Å². The molecule has 0 fully saturated rings. The zero-order valence-corrected chi connectivity index (χ0v) is 11.6. The van der Waals surface area contributed by atoms with Crippen LogP contribution in [-0.4, -0.2) is 31.7 Å². The number of aromatic nitrogens is 4. The van der Waals surface area contributed by atoms with Gasteiger partial charge in [-0.2, -0.15) is 10.5 Å². The molecule has 0 aliphatic rings. The van der Waals surface area contributed by atoms with Gasteiger partial charge < -0.3 is 10.4 Å². The fourth-order valence-electron chi connectivity index (χ4n) is 1.42. The second-order valence-corrected chi connectivity index (χ2v) is 4.48. The molecule has 1 heterocycles. The topological polar surface area (TPSA) is 128 Å². The van der Waals surface area contributed by atoms with Gasteiger partial charge in [0.25, 0.3) is 0 Å². The molecular weight excluding hydrogens is 319 g/mol. The van der Waals surface area contributed by atoms with Crippen LogP contribution in [0.1, 0.15) is 16.2 Å². The Hall–Kier alpha value is -2.63. The summed E-state index contributed by atoms with van der Waals surface area (Å²) in [6.07, 6.45) is 1.25. The highest BCUT2D eigenvalue weighted by Crippen LogP contribution is 2.29. The average Bonchev–Trinajstić information content (AvgIpc) is 2.96. The van der Waals surface area contributed by atoms with Crippen LogP contribution in [0, 0.1) is 11.3 Å². The van der Waals surface area contributed by atoms with Crippen molar-refractivity contribution in [2.24, 2.45) is 0 Å². The Kier molecular flexibility index (Phi) is 4.37. The number of carboxylic acids is 1. The van der Waals surface area contributed by atoms with Crippen LogP contribution >= 0.6 is 23.2 Å². The average molecular weight is 325 g/mol. The van der Waals surface area contributed by atoms with Crippen LogP contribution in [0.5, 0.6) is 0 Å². The number of aromatic amines is 1. The van der Waals surface area contributed by atoms with Crippen LogP contribution < -0.4 is 5.32 Å². The first-order chi connectivity index (χ1) is 10.0. The number of benzene rings is 1. The lowest BCUT2D eigenvalue weighted by Gasteiger charge is -2.08. The van der Waals surface area contributed by atoms with Crippen molar-refractivity contribution in [3.8, 4) is 6.07 Å². The standard InChI is InChI=1S/C11H6Cl2N6O2/c12-7-1-6(11(20)21)9(2-8(7)13)15-4-5(3-14)10-16-18-19-17-10/h1-2,4,15H,(H,20,21)(H,16,17,18,19). The quantitative estimate of drug-likeness (QED) is 0.735. The van der Waals surface area contributed by atoms with Gasteiger partial charge in [-0.3, -0.25) is 0 Å². The van der Waals surface area contributed by atoms with Gasteiger partial charge in [-0.05, 0) is 17.3 Å². The number of carbonyl (C=O) groups is 1. The molecule has 0 amide bonds. The maximum absolute atomic E-state index is 11.2. The second-order valence-electron chi connectivity index (χ2n) is 3.67. The van der Waals surface area contributed by atoms with Crippen molar-refractivity contribution in [2.45, 2.75) is 0 Å². The number of H-pyrrole nitrogens is 1. The molecule has 0 spiro atoms. The van der Waals surface area contributed by atoms with Crippen LogP contribution in [0.15, 0.2) is 18.3 Å². The normalized spacial score (nSPS) is 11.0. The molecule has 0 aliphatic carbocycles. The summed E-state index contributed by atoms with van der Waals surface area (Å²) in [5.41, 5.74) is 0.144. The number of tetrazole rings is 1. The smallest absolute Gasteiger partial charge is 0.337 e. The lowest BCUT2D eigenvalue weighted by atomic mass is 10.1. The Morgan fingerprint density at radius 2 is 2.14 bits per heavy atom. The van der Waals surface area contributed by atoms with Gasteiger partial charge in [0.15, 0.2) is 0 Å². The SMILES string of the molecule is N#CC(=CNc1cc(Cl)c(Cl)cc1C(=O)O)c1nn[nH]n1. The summed E-state index contributed by atoms with van der Waals surface area (Å²) >= 11 is 11.6. The Balaban J connectivity index is 2.38. The molecule has 0 saturated heterocycles. The number of nitrogens with one attached hydrogen (secondary N) is 2. The van der Waals surface area contributed by atoms with Gasteiger partial charge in [0.05, 0.1) is 21.3 Å². The molecule has 8 nitrogen and oxygen atoms in total. The van der Waals surface area contributed by atoms with Crippen LogP contribution in [-0.2, 0) is 0 Å². The highest BCUT2D eigenvalue weighted by Gasteiger charge is 2.14. The van der Waals surface area contributed by atoms with Crippen molar-refractivity contribution in [3.63, 3.8) is 0 Å². The number of halogens is 2. The number of anilines is 1. The van der Waals surface area contributed by atoms with Crippen LogP contribution in [0.3, 0.4) is 0 Å². The summed E-state index contributed by atoms with van der Waals surface area (Å²) in [5.74, 6) is -1.12. The molecule has 0 atom stereocenters. The van der Waals surface area contributed by atoms with Gasteiger partial charge in [-0.25, -0.2) is 4.79 Å². The molecule has 1 aromatic carbocycles. The third kappa shape index (κ3) is 3.28. The highest BCUT2D eigenvalue weighted by atomic mass is 35.5. The number of hydrogen-bond donors (Lipinski definition) is 3. The van der Waals surface area contributed by atoms with E-state index in [9.17, 15) is 4.79 Å². The monoisotopic (exact) mass is 324 g/mol. The van der Waals surface area contributed by atoms with Gasteiger partial charge in [-0.15, -0.1) is 10.2 Å². The van der Waals surface area contributed by atoms with E-state index in [1.165, 1.54) is 18.3 Å². The van der Waals surface area contributed by atoms with E-state index in [1.54, 1.807) is 0 Å². The van der Waals surface area contributed by atoms with Crippen LogP contribution in [0.25, 0.3) is 5.57 Å². The summed E-state index contributed by atoms with van der Waals surface area (Å²) in [5, 5.41) is 33.9. The minimum Gasteiger partial charge on any atom is -0.478 e. The first-order valence-corrected chi connectivity index (χ1v) is 6.11. The maximum atomic E-state index is 11.2. The molecule has 2 aromatic rings. The largest absolute Gasteiger partial charge is 0.478 e. The van der Waals surface area contributed by atoms with Crippen molar-refractivity contribution >= 4 is 40.4 Å². The Bertz CT molecular complexity index is 751. The van der Waals surface area contributed by atoms with E-state index in [0.717, 1.165) is 0 Å². The predicted molar refractivity (Wildman–Crippen MR) is 74.8 cm³/mol. The molecule has 0 radical (unpaired) electrons. The zero-order chi connectivity index (χ0) is 15.4. The fourth-order valence-corrected chi connectivity index (χ4v) is 1.74. The molecular formula is C11H6Cl2N6O2. The van der Waals surface area contributed by atoms with Crippen molar-refractivity contribution in [1.82, 2.24) is 20.6 Å². The Labute approximate surface area is 128 Å². The van der Waals surface area contributed by atoms with Crippen molar-refractivity contribution in [1.29, 1.82) is 5.26 Å². The lowest BCUT2D eigenvalue weighted by molar-refractivity contribution is 0.0698. The number of nitriles is 1. The summed E-state index contributed by atoms with van der Waals surface area (Å²) < 4.78 is 0. The summed E-state index contributed by atoms with van der Waals surface area (Å²) in [6, 6.07) is 4.41. The molecule has 21 heavy (non-hydrogen) atoms. The fraction of sp³-hybridized carbons (Fsp3) is 0. The first kappa shape index (κ1) is 14.8. The molecule has 1 aromatic heterocycles. The number of allylic oxidation sites excluding steroid dienone is 1. The van der Waals surface area contributed by atoms with Crippen molar-refractivity contribution < 1.29 is 9.90 Å². The summed E-state index contributed by atoms with van der Waals surface area (Å²) in [6.45, 7) is 0. The van der Waals surface area contributed by atoms with Crippen LogP contribution in [0.2, 0.25) is 10.0 Å². The minimum absolute atomic E-state index is 0.0613. The first-order valence-electron chi connectivity index (χ1n) is 5.36. The number of rotatable bonds is 4. The molecule has 10 heteroatoms. The van der Waals surface area contributed by atoms with Gasteiger partial charge in [-0.1, -0.05) is 23.2 Å². The lowest BCUT2D eigenvalue weighted by Crippen LogP contribution is -2.03. The Morgan fingerprint density at radius 3 is 2.71 bits per heavy atom. The predicted octanol–water partition coefficient (Wildman–Crippen LogP) is 2.18. The highest BCUT2D eigenvalue weighted by molar-refractivity contribution is 6.42. The van der Waals surface area contributed by atoms with Crippen molar-refractivity contribution in [3.05, 3.63) is 39.8 Å². The zero-order valence-electron chi connectivity index (χ0n) is 10.1. The summed E-state index contributed by atoms with van der Waals surface area (Å²) in [4.78, 5) is 11.2. The van der Waals surface area contributed by atoms with E-state index in [-0.39, 0.29) is 32.7 Å². The minimum atomic E-state index is -1.19. The molecule has 0 saturated carbocycles. The molecule has 0 bridgehead atoms. The van der Waals surface area contributed by atoms with E-state index < -0.39 is 5.97 Å². The number of carboxylic acid groups (broad SMARTS) is 1. The molecule has 0 unspecified atom stereocenters. The van der Waals surface area contributed by atoms with Gasteiger partial charge in [0.1, 0.15) is 11.6 Å². The van der Waals surface area contributed by atoms with E-state index in [4.69, 9.17) is 33.6 Å². The molecule has 0 aliphatic heterocycles. The maximum Gasteiger partial charge on any atom is 0.337 e. The molecule has 2 rings (SSSR count). The van der Waals surface area contributed by atoms with E-state index in [0.29, 0.717) is 0 Å². The molecule has 3 N–H and O–H groups in total. The number of hydrogen-bond acceptors (Lipinski definition) is 6.